The van der Waals surface area contributed by atoms with Gasteiger partial charge >= 0.3 is 0 Å². The lowest BCUT2D eigenvalue weighted by Gasteiger charge is -2.29. The summed E-state index contributed by atoms with van der Waals surface area (Å²) in [7, 11) is 2.09. The molecule has 2 atom stereocenters. The van der Waals surface area contributed by atoms with Crippen LogP contribution in [0.2, 0.25) is 0 Å². The van der Waals surface area contributed by atoms with Crippen LogP contribution >= 0.6 is 34.9 Å². The second kappa shape index (κ2) is 5.62. The van der Waals surface area contributed by atoms with Crippen molar-refractivity contribution in [1.29, 1.82) is 0 Å². The SMILES string of the molecule is CNC(c1sccc1C)C1CSCCS1. The first-order chi connectivity index (χ1) is 7.33. The maximum Gasteiger partial charge on any atom is 0.0543 e. The molecule has 4 heteroatoms. The Balaban J connectivity index is 2.12. The fourth-order valence-corrected chi connectivity index (χ4v) is 5.96. The minimum atomic E-state index is 0.544. The van der Waals surface area contributed by atoms with Crippen molar-refractivity contribution in [2.75, 3.05) is 24.3 Å². The normalized spacial score (nSPS) is 24.0. The molecule has 0 spiro atoms. The smallest absolute Gasteiger partial charge is 0.0543 e. The number of hydrogen-bond donors (Lipinski definition) is 1. The van der Waals surface area contributed by atoms with E-state index in [1.807, 2.05) is 11.3 Å². The molecule has 0 aromatic carbocycles. The van der Waals surface area contributed by atoms with Crippen molar-refractivity contribution >= 4 is 34.9 Å². The second-order valence-electron chi connectivity index (χ2n) is 3.72. The van der Waals surface area contributed by atoms with E-state index in [-0.39, 0.29) is 0 Å². The van der Waals surface area contributed by atoms with Gasteiger partial charge in [0.15, 0.2) is 0 Å². The predicted octanol–water partition coefficient (Wildman–Crippen LogP) is 3.17. The molecule has 1 nitrogen and oxygen atoms in total. The van der Waals surface area contributed by atoms with E-state index in [4.69, 9.17) is 0 Å². The zero-order valence-electron chi connectivity index (χ0n) is 9.16. The molecule has 2 unspecified atom stereocenters. The molecule has 1 N–H and O–H groups in total. The Bertz CT molecular complexity index is 305. The third-order valence-electron chi connectivity index (χ3n) is 2.71. The van der Waals surface area contributed by atoms with Crippen LogP contribution in [0, 0.1) is 6.92 Å². The Hall–Kier alpha value is 0.360. The van der Waals surface area contributed by atoms with Gasteiger partial charge in [0.25, 0.3) is 0 Å². The highest BCUT2D eigenvalue weighted by molar-refractivity contribution is 8.06. The van der Waals surface area contributed by atoms with Crippen molar-refractivity contribution in [2.24, 2.45) is 0 Å². The van der Waals surface area contributed by atoms with Gasteiger partial charge in [0.2, 0.25) is 0 Å². The number of hydrogen-bond acceptors (Lipinski definition) is 4. The lowest BCUT2D eigenvalue weighted by Crippen LogP contribution is -2.31. The summed E-state index contributed by atoms with van der Waals surface area (Å²) in [4.78, 5) is 1.53. The van der Waals surface area contributed by atoms with Gasteiger partial charge in [-0.2, -0.15) is 23.5 Å². The molecule has 84 valence electrons. The minimum absolute atomic E-state index is 0.544. The largest absolute Gasteiger partial charge is 0.311 e. The molecule has 1 aromatic heterocycles. The Morgan fingerprint density at radius 2 is 2.33 bits per heavy atom. The second-order valence-corrected chi connectivity index (χ2v) is 7.16. The summed E-state index contributed by atoms with van der Waals surface area (Å²) in [5.41, 5.74) is 1.44. The summed E-state index contributed by atoms with van der Waals surface area (Å²) in [6.07, 6.45) is 0. The van der Waals surface area contributed by atoms with Crippen LogP contribution in [-0.2, 0) is 0 Å². The van der Waals surface area contributed by atoms with E-state index >= 15 is 0 Å². The van der Waals surface area contributed by atoms with Gasteiger partial charge in [0.1, 0.15) is 0 Å². The zero-order valence-corrected chi connectivity index (χ0v) is 11.6. The molecule has 1 aromatic rings. The predicted molar refractivity (Wildman–Crippen MR) is 74.4 cm³/mol. The van der Waals surface area contributed by atoms with Crippen molar-refractivity contribution in [2.45, 2.75) is 18.2 Å². The van der Waals surface area contributed by atoms with Gasteiger partial charge in [-0.3, -0.25) is 0 Å². The van der Waals surface area contributed by atoms with Crippen LogP contribution in [0.1, 0.15) is 16.5 Å². The maximum absolute atomic E-state index is 3.49. The highest BCUT2D eigenvalue weighted by atomic mass is 32.2. The van der Waals surface area contributed by atoms with Crippen LogP contribution in [0.3, 0.4) is 0 Å². The monoisotopic (exact) mass is 259 g/mol. The van der Waals surface area contributed by atoms with Gasteiger partial charge in [0, 0.05) is 27.4 Å². The molecule has 1 aliphatic heterocycles. The van der Waals surface area contributed by atoms with Gasteiger partial charge in [-0.25, -0.2) is 0 Å². The molecule has 0 saturated carbocycles. The van der Waals surface area contributed by atoms with Crippen molar-refractivity contribution in [3.05, 3.63) is 21.9 Å². The fraction of sp³-hybridized carbons (Fsp3) is 0.636. The van der Waals surface area contributed by atoms with Crippen LogP contribution in [0.4, 0.5) is 0 Å². The minimum Gasteiger partial charge on any atom is -0.311 e. The first kappa shape index (κ1) is 11.8. The Labute approximate surface area is 104 Å². The van der Waals surface area contributed by atoms with Crippen molar-refractivity contribution in [1.82, 2.24) is 5.32 Å². The molecule has 15 heavy (non-hydrogen) atoms. The number of aryl methyl sites for hydroxylation is 1. The van der Waals surface area contributed by atoms with Crippen molar-refractivity contribution < 1.29 is 0 Å². The van der Waals surface area contributed by atoms with Crippen molar-refractivity contribution in [3.8, 4) is 0 Å². The van der Waals surface area contributed by atoms with E-state index in [0.29, 0.717) is 6.04 Å². The highest BCUT2D eigenvalue weighted by Gasteiger charge is 2.26. The quantitative estimate of drug-likeness (QED) is 0.895. The maximum atomic E-state index is 3.49. The number of thioether (sulfide) groups is 2. The molecular formula is C11H17NS3. The van der Waals surface area contributed by atoms with E-state index in [0.717, 1.165) is 5.25 Å². The molecule has 1 fully saturated rings. The molecule has 2 heterocycles. The zero-order chi connectivity index (χ0) is 10.7. The van der Waals surface area contributed by atoms with E-state index < -0.39 is 0 Å². The van der Waals surface area contributed by atoms with E-state index in [9.17, 15) is 0 Å². The Kier molecular flexibility index (Phi) is 4.43. The van der Waals surface area contributed by atoms with Crippen LogP contribution in [0.25, 0.3) is 0 Å². The fourth-order valence-electron chi connectivity index (χ4n) is 1.89. The van der Waals surface area contributed by atoms with E-state index in [2.05, 4.69) is 54.3 Å². The standard InChI is InChI=1S/C11H17NS3/c1-8-3-4-15-11(8)10(12-2)9-7-13-5-6-14-9/h3-4,9-10,12H,5-7H2,1-2H3. The lowest BCUT2D eigenvalue weighted by atomic mass is 10.1. The number of rotatable bonds is 3. The average Bonchev–Trinajstić information content (AvgIpc) is 2.68. The summed E-state index contributed by atoms with van der Waals surface area (Å²) in [5, 5.41) is 6.44. The summed E-state index contributed by atoms with van der Waals surface area (Å²) in [6, 6.07) is 2.77. The van der Waals surface area contributed by atoms with Gasteiger partial charge in [0.05, 0.1) is 6.04 Å². The van der Waals surface area contributed by atoms with Crippen LogP contribution in [-0.4, -0.2) is 29.6 Å². The first-order valence-electron chi connectivity index (χ1n) is 5.23. The molecule has 1 saturated heterocycles. The molecule has 1 aliphatic rings. The van der Waals surface area contributed by atoms with Gasteiger partial charge in [-0.05, 0) is 31.0 Å². The Morgan fingerprint density at radius 1 is 1.47 bits per heavy atom. The van der Waals surface area contributed by atoms with Gasteiger partial charge < -0.3 is 5.32 Å². The Morgan fingerprint density at radius 3 is 2.87 bits per heavy atom. The van der Waals surface area contributed by atoms with Crippen LogP contribution in [0.5, 0.6) is 0 Å². The summed E-state index contributed by atoms with van der Waals surface area (Å²) >= 11 is 6.11. The number of nitrogens with one attached hydrogen (secondary N) is 1. The first-order valence-corrected chi connectivity index (χ1v) is 8.32. The number of thiophene rings is 1. The molecule has 0 radical (unpaired) electrons. The third-order valence-corrected chi connectivity index (χ3v) is 6.67. The summed E-state index contributed by atoms with van der Waals surface area (Å²) in [6.45, 7) is 2.22. The average molecular weight is 259 g/mol. The molecular weight excluding hydrogens is 242 g/mol. The van der Waals surface area contributed by atoms with Gasteiger partial charge in [-0.15, -0.1) is 11.3 Å². The van der Waals surface area contributed by atoms with Crippen molar-refractivity contribution in [3.63, 3.8) is 0 Å². The topological polar surface area (TPSA) is 12.0 Å². The van der Waals surface area contributed by atoms with E-state index in [1.54, 1.807) is 0 Å². The van der Waals surface area contributed by atoms with Crippen LogP contribution < -0.4 is 5.32 Å². The summed E-state index contributed by atoms with van der Waals surface area (Å²) in [5.74, 6) is 3.91. The van der Waals surface area contributed by atoms with E-state index in [1.165, 1.54) is 27.7 Å². The molecule has 2 rings (SSSR count). The van der Waals surface area contributed by atoms with Gasteiger partial charge in [-0.1, -0.05) is 0 Å². The lowest BCUT2D eigenvalue weighted by molar-refractivity contribution is 0.600. The van der Waals surface area contributed by atoms with Crippen LogP contribution in [0.15, 0.2) is 11.4 Å². The third kappa shape index (κ3) is 2.73. The molecule has 0 aliphatic carbocycles. The summed E-state index contributed by atoms with van der Waals surface area (Å²) < 4.78 is 0. The molecule has 0 amide bonds. The molecule has 0 bridgehead atoms. The highest BCUT2D eigenvalue weighted by Crippen LogP contribution is 2.36.